The van der Waals surface area contributed by atoms with Gasteiger partial charge in [0.1, 0.15) is 5.82 Å². The topological polar surface area (TPSA) is 79.5 Å². The van der Waals surface area contributed by atoms with E-state index in [9.17, 15) is 9.90 Å². The van der Waals surface area contributed by atoms with Crippen molar-refractivity contribution in [3.8, 4) is 0 Å². The molecule has 6 nitrogen and oxygen atoms in total. The van der Waals surface area contributed by atoms with Crippen molar-refractivity contribution in [3.05, 3.63) is 95.3 Å². The van der Waals surface area contributed by atoms with Gasteiger partial charge in [-0.05, 0) is 43.2 Å². The van der Waals surface area contributed by atoms with Gasteiger partial charge in [0, 0.05) is 17.7 Å². The number of rotatable bonds is 5. The van der Waals surface area contributed by atoms with Gasteiger partial charge in [-0.2, -0.15) is 5.10 Å². The molecule has 4 aromatic rings. The fourth-order valence-electron chi connectivity index (χ4n) is 3.08. The highest BCUT2D eigenvalue weighted by molar-refractivity contribution is 6.04. The molecule has 0 aliphatic heterocycles. The molecule has 2 heterocycles. The maximum Gasteiger partial charge on any atom is 0.256 e. The number of anilines is 1. The van der Waals surface area contributed by atoms with Crippen LogP contribution in [0.15, 0.2) is 72.9 Å². The van der Waals surface area contributed by atoms with Gasteiger partial charge in [0.05, 0.1) is 17.5 Å². The van der Waals surface area contributed by atoms with Crippen LogP contribution in [0.1, 0.15) is 41.0 Å². The average molecular weight is 398 g/mol. The highest BCUT2D eigenvalue weighted by Gasteiger charge is 2.16. The molecule has 0 spiro atoms. The van der Waals surface area contributed by atoms with Gasteiger partial charge in [0.25, 0.3) is 5.91 Å². The lowest BCUT2D eigenvalue weighted by molar-refractivity contribution is 0.0785. The number of carbonyl (C=O) groups excluding carboxylic acids is 1. The van der Waals surface area contributed by atoms with Gasteiger partial charge in [-0.3, -0.25) is 4.79 Å². The molecule has 0 bridgehead atoms. The first-order chi connectivity index (χ1) is 14.4. The van der Waals surface area contributed by atoms with Crippen molar-refractivity contribution in [1.29, 1.82) is 0 Å². The lowest BCUT2D eigenvalue weighted by Crippen LogP contribution is -2.17. The fourth-order valence-corrected chi connectivity index (χ4v) is 3.08. The number of benzene rings is 2. The molecule has 0 aliphatic rings. The molecule has 0 atom stereocenters. The Morgan fingerprint density at radius 1 is 1.03 bits per heavy atom. The molecule has 1 amide bonds. The van der Waals surface area contributed by atoms with Crippen LogP contribution in [0.25, 0.3) is 17.8 Å². The summed E-state index contributed by atoms with van der Waals surface area (Å²) < 4.78 is 1.72. The Morgan fingerprint density at radius 3 is 2.47 bits per heavy atom. The normalized spacial score (nSPS) is 11.8. The van der Waals surface area contributed by atoms with E-state index < -0.39 is 5.60 Å². The van der Waals surface area contributed by atoms with E-state index in [2.05, 4.69) is 15.4 Å². The number of carbonyl (C=O) groups is 1. The van der Waals surface area contributed by atoms with Crippen LogP contribution in [-0.2, 0) is 5.60 Å². The molecule has 30 heavy (non-hydrogen) atoms. The van der Waals surface area contributed by atoms with Crippen LogP contribution in [0.5, 0.6) is 0 Å². The molecule has 0 saturated carbocycles. The Labute approximate surface area is 174 Å². The predicted octanol–water partition coefficient (Wildman–Crippen LogP) is 4.38. The van der Waals surface area contributed by atoms with Crippen LogP contribution >= 0.6 is 0 Å². The number of hydrogen-bond acceptors (Lipinski definition) is 4. The minimum Gasteiger partial charge on any atom is -0.386 e. The zero-order chi connectivity index (χ0) is 21.1. The zero-order valence-electron chi connectivity index (χ0n) is 16.8. The zero-order valence-corrected chi connectivity index (χ0v) is 16.8. The van der Waals surface area contributed by atoms with Gasteiger partial charge in [-0.15, -0.1) is 0 Å². The smallest absolute Gasteiger partial charge is 0.256 e. The van der Waals surface area contributed by atoms with Crippen LogP contribution in [0.3, 0.4) is 0 Å². The summed E-state index contributed by atoms with van der Waals surface area (Å²) in [6, 6.07) is 20.4. The summed E-state index contributed by atoms with van der Waals surface area (Å²) in [4.78, 5) is 17.2. The summed E-state index contributed by atoms with van der Waals surface area (Å²) >= 11 is 0. The Bertz CT molecular complexity index is 1200. The van der Waals surface area contributed by atoms with Gasteiger partial charge < -0.3 is 10.4 Å². The molecular formula is C24H22N4O2. The summed E-state index contributed by atoms with van der Waals surface area (Å²) in [7, 11) is 0. The summed E-state index contributed by atoms with van der Waals surface area (Å²) in [6.45, 7) is 3.41. The van der Waals surface area contributed by atoms with E-state index in [-0.39, 0.29) is 5.91 Å². The molecule has 0 aliphatic carbocycles. The summed E-state index contributed by atoms with van der Waals surface area (Å²) in [6.07, 6.45) is 5.59. The Kier molecular flexibility index (Phi) is 5.16. The Morgan fingerprint density at radius 2 is 1.77 bits per heavy atom. The molecule has 2 aromatic heterocycles. The van der Waals surface area contributed by atoms with Crippen molar-refractivity contribution < 1.29 is 9.90 Å². The van der Waals surface area contributed by atoms with E-state index in [0.717, 1.165) is 16.8 Å². The van der Waals surface area contributed by atoms with Gasteiger partial charge in [0.2, 0.25) is 0 Å². The molecule has 0 saturated heterocycles. The van der Waals surface area contributed by atoms with Gasteiger partial charge in [-0.25, -0.2) is 9.50 Å². The second-order valence-electron chi connectivity index (χ2n) is 7.50. The monoisotopic (exact) mass is 398 g/mol. The van der Waals surface area contributed by atoms with E-state index in [1.165, 1.54) is 0 Å². The third-order valence-electron chi connectivity index (χ3n) is 4.73. The standard InChI is InChI=1S/C24H22N4O2/c1-24(2,30)19-11-9-18(10-12-19)23(29)27-21-16-20(28-22(26-21)14-15-25-28)13-8-17-6-4-3-5-7-17/h3-16,30H,1-2H3,(H,26,27,29). The maximum absolute atomic E-state index is 12.7. The highest BCUT2D eigenvalue weighted by Crippen LogP contribution is 2.20. The van der Waals surface area contributed by atoms with E-state index in [0.29, 0.717) is 17.0 Å². The quantitative estimate of drug-likeness (QED) is 0.523. The summed E-state index contributed by atoms with van der Waals surface area (Å²) in [5.41, 5.74) is 2.76. The van der Waals surface area contributed by atoms with E-state index >= 15 is 0 Å². The number of aromatic nitrogens is 3. The molecule has 2 aromatic carbocycles. The van der Waals surface area contributed by atoms with Crippen LogP contribution in [-0.4, -0.2) is 25.6 Å². The molecule has 0 unspecified atom stereocenters. The average Bonchev–Trinajstić information content (AvgIpc) is 3.21. The van der Waals surface area contributed by atoms with Crippen molar-refractivity contribution >= 4 is 29.5 Å². The highest BCUT2D eigenvalue weighted by atomic mass is 16.3. The Balaban J connectivity index is 1.60. The van der Waals surface area contributed by atoms with Crippen LogP contribution < -0.4 is 5.32 Å². The van der Waals surface area contributed by atoms with E-state index in [4.69, 9.17) is 0 Å². The molecule has 0 fully saturated rings. The largest absolute Gasteiger partial charge is 0.386 e. The summed E-state index contributed by atoms with van der Waals surface area (Å²) in [5.74, 6) is 0.166. The first kappa shape index (κ1) is 19.5. The third-order valence-corrected chi connectivity index (χ3v) is 4.73. The second kappa shape index (κ2) is 7.93. The number of hydrogen-bond donors (Lipinski definition) is 2. The fraction of sp³-hybridized carbons (Fsp3) is 0.125. The van der Waals surface area contributed by atoms with E-state index in [1.54, 1.807) is 61.0 Å². The second-order valence-corrected chi connectivity index (χ2v) is 7.50. The van der Waals surface area contributed by atoms with Crippen LogP contribution in [0, 0.1) is 0 Å². The lowest BCUT2D eigenvalue weighted by atomic mass is 9.97. The minimum absolute atomic E-state index is 0.272. The number of nitrogens with zero attached hydrogens (tertiary/aromatic N) is 3. The predicted molar refractivity (Wildman–Crippen MR) is 118 cm³/mol. The molecular weight excluding hydrogens is 376 g/mol. The lowest BCUT2D eigenvalue weighted by Gasteiger charge is -2.17. The SMILES string of the molecule is CC(C)(O)c1ccc(C(=O)Nc2cc(C=Cc3ccccc3)n3nccc3n2)cc1. The van der Waals surface area contributed by atoms with Crippen LogP contribution in [0.4, 0.5) is 5.82 Å². The molecule has 2 N–H and O–H groups in total. The third kappa shape index (κ3) is 4.29. The number of nitrogens with one attached hydrogen (secondary N) is 1. The number of amides is 1. The van der Waals surface area contributed by atoms with E-state index in [1.807, 2.05) is 42.5 Å². The first-order valence-corrected chi connectivity index (χ1v) is 9.62. The van der Waals surface area contributed by atoms with Crippen molar-refractivity contribution in [2.75, 3.05) is 5.32 Å². The first-order valence-electron chi connectivity index (χ1n) is 9.62. The molecule has 4 rings (SSSR count). The van der Waals surface area contributed by atoms with Crippen molar-refractivity contribution in [2.45, 2.75) is 19.4 Å². The van der Waals surface area contributed by atoms with Crippen LogP contribution in [0.2, 0.25) is 0 Å². The molecule has 6 heteroatoms. The Hall–Kier alpha value is -3.77. The van der Waals surface area contributed by atoms with Crippen molar-refractivity contribution in [2.24, 2.45) is 0 Å². The van der Waals surface area contributed by atoms with Crippen molar-refractivity contribution in [3.63, 3.8) is 0 Å². The number of aliphatic hydroxyl groups is 1. The molecule has 150 valence electrons. The number of fused-ring (bicyclic) bond motifs is 1. The van der Waals surface area contributed by atoms with Crippen molar-refractivity contribution in [1.82, 2.24) is 14.6 Å². The molecule has 0 radical (unpaired) electrons. The van der Waals surface area contributed by atoms with Gasteiger partial charge in [0.15, 0.2) is 5.65 Å². The van der Waals surface area contributed by atoms with Gasteiger partial charge in [-0.1, -0.05) is 48.5 Å². The summed E-state index contributed by atoms with van der Waals surface area (Å²) in [5, 5.41) is 17.2. The maximum atomic E-state index is 12.7. The minimum atomic E-state index is -0.955. The van der Waals surface area contributed by atoms with Gasteiger partial charge >= 0.3 is 0 Å².